The van der Waals surface area contributed by atoms with Crippen molar-refractivity contribution in [3.05, 3.63) is 0 Å². The molecule has 130 valence electrons. The Morgan fingerprint density at radius 2 is 1.86 bits per heavy atom. The summed E-state index contributed by atoms with van der Waals surface area (Å²) in [6.45, 7) is 13.6. The molecule has 0 radical (unpaired) electrons. The van der Waals surface area contributed by atoms with E-state index in [1.807, 2.05) is 0 Å². The lowest BCUT2D eigenvalue weighted by Gasteiger charge is -2.47. The van der Waals surface area contributed by atoms with E-state index in [2.05, 4.69) is 40.9 Å². The maximum Gasteiger partial charge on any atom is 0.188 e. The fraction of sp³-hybridized carbons (Fsp3) is 0.938. The summed E-state index contributed by atoms with van der Waals surface area (Å²) in [7, 11) is 0. The van der Waals surface area contributed by atoms with Crippen molar-refractivity contribution in [2.75, 3.05) is 39.3 Å². The van der Waals surface area contributed by atoms with Crippen LogP contribution >= 0.6 is 24.0 Å². The van der Waals surface area contributed by atoms with Crippen LogP contribution in [-0.4, -0.2) is 67.1 Å². The average Bonchev–Trinajstić information content (AvgIpc) is 2.46. The van der Waals surface area contributed by atoms with Gasteiger partial charge in [0, 0.05) is 44.8 Å². The third kappa shape index (κ3) is 6.58. The van der Waals surface area contributed by atoms with Crippen LogP contribution in [0.3, 0.4) is 0 Å². The lowest BCUT2D eigenvalue weighted by Crippen LogP contribution is -2.62. The Morgan fingerprint density at radius 3 is 2.41 bits per heavy atom. The molecule has 2 bridgehead atoms. The molecule has 22 heavy (non-hydrogen) atoms. The summed E-state index contributed by atoms with van der Waals surface area (Å²) in [5.41, 5.74) is 6.03. The monoisotopic (exact) mass is 423 g/mol. The van der Waals surface area contributed by atoms with E-state index < -0.39 is 0 Å². The van der Waals surface area contributed by atoms with Crippen LogP contribution < -0.4 is 11.1 Å². The number of piperazine rings is 3. The molecular weight excluding hydrogens is 389 g/mol. The Morgan fingerprint density at radius 1 is 1.18 bits per heavy atom. The number of aliphatic imine (C=N–C) groups is 1. The number of nitrogens with zero attached hydrogens (tertiary/aromatic N) is 3. The van der Waals surface area contributed by atoms with Gasteiger partial charge >= 0.3 is 0 Å². The van der Waals surface area contributed by atoms with Crippen LogP contribution in [0, 0.1) is 5.92 Å². The lowest BCUT2D eigenvalue weighted by atomic mass is 10.0. The van der Waals surface area contributed by atoms with Crippen LogP contribution in [0.1, 0.15) is 40.0 Å². The molecule has 3 fully saturated rings. The highest BCUT2D eigenvalue weighted by atomic mass is 127. The molecule has 3 N–H and O–H groups in total. The second kappa shape index (κ2) is 9.93. The molecule has 5 nitrogen and oxygen atoms in total. The highest BCUT2D eigenvalue weighted by molar-refractivity contribution is 14.0. The number of guanidine groups is 1. The second-order valence-corrected chi connectivity index (χ2v) is 7.09. The summed E-state index contributed by atoms with van der Waals surface area (Å²) >= 11 is 0. The van der Waals surface area contributed by atoms with Crippen LogP contribution in [0.25, 0.3) is 0 Å². The Hall–Kier alpha value is -0.0800. The summed E-state index contributed by atoms with van der Waals surface area (Å²) in [6.07, 6.45) is 3.71. The summed E-state index contributed by atoms with van der Waals surface area (Å²) in [5.74, 6) is 1.40. The Labute approximate surface area is 153 Å². The zero-order chi connectivity index (χ0) is 15.2. The maximum absolute atomic E-state index is 6.03. The van der Waals surface area contributed by atoms with Crippen molar-refractivity contribution in [3.63, 3.8) is 0 Å². The van der Waals surface area contributed by atoms with Crippen LogP contribution in [0.2, 0.25) is 0 Å². The van der Waals surface area contributed by atoms with Crippen LogP contribution in [0.5, 0.6) is 0 Å². The van der Waals surface area contributed by atoms with Crippen molar-refractivity contribution in [1.82, 2.24) is 15.1 Å². The number of halogens is 1. The van der Waals surface area contributed by atoms with Crippen molar-refractivity contribution in [3.8, 4) is 0 Å². The minimum Gasteiger partial charge on any atom is -0.370 e. The standard InChI is InChI=1S/C16H33N5.HI/c1-13(2)5-4-6-14(3)19-16(17)18-11-15-12-20-7-9-21(15)10-8-20;/h13-15H,4-12H2,1-3H3,(H3,17,18,19);1H. The Balaban J connectivity index is 0.00000242. The fourth-order valence-corrected chi connectivity index (χ4v) is 3.30. The highest BCUT2D eigenvalue weighted by Crippen LogP contribution is 2.15. The number of hydrogen-bond acceptors (Lipinski definition) is 3. The fourth-order valence-electron chi connectivity index (χ4n) is 3.30. The molecule has 0 aliphatic carbocycles. The molecule has 0 saturated carbocycles. The van der Waals surface area contributed by atoms with Gasteiger partial charge in [-0.05, 0) is 19.3 Å². The van der Waals surface area contributed by atoms with Gasteiger partial charge in [0.05, 0.1) is 6.54 Å². The van der Waals surface area contributed by atoms with E-state index in [-0.39, 0.29) is 24.0 Å². The van der Waals surface area contributed by atoms with Gasteiger partial charge in [-0.2, -0.15) is 0 Å². The maximum atomic E-state index is 6.03. The number of nitrogens with one attached hydrogen (secondary N) is 1. The van der Waals surface area contributed by atoms with E-state index in [0.717, 1.165) is 25.4 Å². The second-order valence-electron chi connectivity index (χ2n) is 7.09. The van der Waals surface area contributed by atoms with Gasteiger partial charge in [-0.25, -0.2) is 0 Å². The normalized spacial score (nSPS) is 29.3. The molecule has 0 amide bonds. The van der Waals surface area contributed by atoms with E-state index in [0.29, 0.717) is 18.0 Å². The van der Waals surface area contributed by atoms with E-state index >= 15 is 0 Å². The van der Waals surface area contributed by atoms with E-state index in [1.54, 1.807) is 0 Å². The molecule has 0 spiro atoms. The summed E-state index contributed by atoms with van der Waals surface area (Å²) in [4.78, 5) is 9.66. The SMILES string of the molecule is CC(C)CCCC(C)NC(N)=NCC1CN2CCN1CC2.I. The van der Waals surface area contributed by atoms with Gasteiger partial charge in [0.15, 0.2) is 5.96 Å². The minimum absolute atomic E-state index is 0. The minimum atomic E-state index is 0. The molecule has 0 aromatic heterocycles. The number of nitrogens with two attached hydrogens (primary N) is 1. The largest absolute Gasteiger partial charge is 0.370 e. The van der Waals surface area contributed by atoms with Gasteiger partial charge in [0.2, 0.25) is 0 Å². The number of fused-ring (bicyclic) bond motifs is 3. The van der Waals surface area contributed by atoms with Gasteiger partial charge < -0.3 is 11.1 Å². The molecule has 0 aromatic rings. The van der Waals surface area contributed by atoms with Gasteiger partial charge in [-0.1, -0.05) is 26.7 Å². The molecular formula is C16H34IN5. The molecule has 3 saturated heterocycles. The first-order valence-corrected chi connectivity index (χ1v) is 8.57. The van der Waals surface area contributed by atoms with Gasteiger partial charge in [-0.3, -0.25) is 14.8 Å². The number of hydrogen-bond donors (Lipinski definition) is 2. The van der Waals surface area contributed by atoms with E-state index in [4.69, 9.17) is 5.73 Å². The van der Waals surface area contributed by atoms with Crippen molar-refractivity contribution in [1.29, 1.82) is 0 Å². The van der Waals surface area contributed by atoms with Crippen molar-refractivity contribution >= 4 is 29.9 Å². The predicted molar refractivity (Wildman–Crippen MR) is 105 cm³/mol. The highest BCUT2D eigenvalue weighted by Gasteiger charge is 2.31. The first kappa shape index (κ1) is 20.0. The molecule has 3 aliphatic heterocycles. The third-order valence-corrected chi connectivity index (χ3v) is 4.68. The van der Waals surface area contributed by atoms with Gasteiger partial charge in [0.1, 0.15) is 0 Å². The van der Waals surface area contributed by atoms with Crippen molar-refractivity contribution in [2.45, 2.75) is 52.1 Å². The molecule has 2 unspecified atom stereocenters. The zero-order valence-electron chi connectivity index (χ0n) is 14.4. The van der Waals surface area contributed by atoms with E-state index in [1.165, 1.54) is 39.0 Å². The molecule has 3 aliphatic rings. The number of rotatable bonds is 7. The molecule has 6 heteroatoms. The lowest BCUT2D eigenvalue weighted by molar-refractivity contribution is 0.0174. The average molecular weight is 423 g/mol. The smallest absolute Gasteiger partial charge is 0.188 e. The van der Waals surface area contributed by atoms with Gasteiger partial charge in [0.25, 0.3) is 0 Å². The zero-order valence-corrected chi connectivity index (χ0v) is 16.8. The molecule has 0 aromatic carbocycles. The molecule has 3 rings (SSSR count). The first-order chi connectivity index (χ1) is 10.0. The summed E-state index contributed by atoms with van der Waals surface area (Å²) in [5, 5.41) is 3.33. The molecule has 2 atom stereocenters. The Bertz CT molecular complexity index is 339. The topological polar surface area (TPSA) is 56.9 Å². The Kier molecular flexibility index (Phi) is 9.01. The van der Waals surface area contributed by atoms with Crippen molar-refractivity contribution in [2.24, 2.45) is 16.6 Å². The van der Waals surface area contributed by atoms with Crippen LogP contribution in [0.15, 0.2) is 4.99 Å². The first-order valence-electron chi connectivity index (χ1n) is 8.57. The predicted octanol–water partition coefficient (Wildman–Crippen LogP) is 1.72. The summed E-state index contributed by atoms with van der Waals surface area (Å²) < 4.78 is 0. The van der Waals surface area contributed by atoms with Gasteiger partial charge in [-0.15, -0.1) is 24.0 Å². The van der Waals surface area contributed by atoms with Crippen LogP contribution in [0.4, 0.5) is 0 Å². The van der Waals surface area contributed by atoms with Crippen LogP contribution in [-0.2, 0) is 0 Å². The molecule has 3 heterocycles. The van der Waals surface area contributed by atoms with E-state index in [9.17, 15) is 0 Å². The third-order valence-electron chi connectivity index (χ3n) is 4.68. The quantitative estimate of drug-likeness (QED) is 0.372. The van der Waals surface area contributed by atoms with Crippen molar-refractivity contribution < 1.29 is 0 Å². The summed E-state index contributed by atoms with van der Waals surface area (Å²) in [6, 6.07) is 0.975.